The van der Waals surface area contributed by atoms with Crippen molar-refractivity contribution in [1.29, 1.82) is 0 Å². The highest BCUT2D eigenvalue weighted by Crippen LogP contribution is 2.34. The lowest BCUT2D eigenvalue weighted by molar-refractivity contribution is 0.104. The number of ether oxygens (including phenoxy) is 2. The predicted octanol–water partition coefficient (Wildman–Crippen LogP) is 5.80. The van der Waals surface area contributed by atoms with E-state index in [1.807, 2.05) is 62.4 Å². The Bertz CT molecular complexity index is 1100. The summed E-state index contributed by atoms with van der Waals surface area (Å²) in [6.45, 7) is 3.75. The van der Waals surface area contributed by atoms with Crippen molar-refractivity contribution in [3.05, 3.63) is 69.7 Å². The minimum Gasteiger partial charge on any atom is -0.497 e. The zero-order chi connectivity index (χ0) is 21.3. The van der Waals surface area contributed by atoms with E-state index in [4.69, 9.17) is 9.47 Å². The number of carbonyl (C=O) groups excluding carboxylic acids is 1. The highest BCUT2D eigenvalue weighted by atomic mass is 32.1. The van der Waals surface area contributed by atoms with Gasteiger partial charge in [-0.15, -0.1) is 22.7 Å². The number of ketones is 1. The van der Waals surface area contributed by atoms with Crippen LogP contribution < -0.4 is 9.47 Å². The maximum absolute atomic E-state index is 13.3. The second-order valence-electron chi connectivity index (χ2n) is 6.65. The average molecular weight is 437 g/mol. The van der Waals surface area contributed by atoms with Crippen LogP contribution in [0.4, 0.5) is 0 Å². The number of benzene rings is 2. The van der Waals surface area contributed by atoms with E-state index in [0.717, 1.165) is 44.0 Å². The number of nitrogens with zero attached hydrogens (tertiary/aromatic N) is 2. The van der Waals surface area contributed by atoms with Crippen molar-refractivity contribution in [2.24, 2.45) is 0 Å². The van der Waals surface area contributed by atoms with Gasteiger partial charge >= 0.3 is 0 Å². The molecule has 0 fully saturated rings. The van der Waals surface area contributed by atoms with Gasteiger partial charge in [0.25, 0.3) is 0 Å². The van der Waals surface area contributed by atoms with Crippen molar-refractivity contribution in [2.45, 2.75) is 13.8 Å². The summed E-state index contributed by atoms with van der Waals surface area (Å²) < 4.78 is 10.4. The zero-order valence-corrected chi connectivity index (χ0v) is 18.7. The molecule has 0 saturated carbocycles. The van der Waals surface area contributed by atoms with Crippen LogP contribution >= 0.6 is 22.7 Å². The van der Waals surface area contributed by atoms with Crippen LogP contribution in [0.1, 0.15) is 25.9 Å². The molecular weight excluding hydrogens is 416 g/mol. The number of aryl methyl sites for hydroxylation is 2. The SMILES string of the molecule is COc1ccc(-c2nc(C)c(C(=O)c3sc(-c4ccc(OC)cc4)nc3C)s2)cc1. The third kappa shape index (κ3) is 3.86. The minimum absolute atomic E-state index is 0.0282. The van der Waals surface area contributed by atoms with E-state index in [1.54, 1.807) is 14.2 Å². The van der Waals surface area contributed by atoms with Crippen LogP contribution in [-0.4, -0.2) is 30.0 Å². The second kappa shape index (κ2) is 8.38. The van der Waals surface area contributed by atoms with Crippen LogP contribution in [0.2, 0.25) is 0 Å². The van der Waals surface area contributed by atoms with Crippen LogP contribution in [0.15, 0.2) is 48.5 Å². The fourth-order valence-corrected chi connectivity index (χ4v) is 5.13. The van der Waals surface area contributed by atoms with Crippen LogP contribution in [-0.2, 0) is 0 Å². The van der Waals surface area contributed by atoms with Gasteiger partial charge in [-0.05, 0) is 62.4 Å². The maximum Gasteiger partial charge on any atom is 0.216 e. The lowest BCUT2D eigenvalue weighted by Crippen LogP contribution is -2.00. The molecule has 7 heteroatoms. The smallest absolute Gasteiger partial charge is 0.216 e. The van der Waals surface area contributed by atoms with E-state index in [2.05, 4.69) is 9.97 Å². The number of aromatic nitrogens is 2. The van der Waals surface area contributed by atoms with Crippen molar-refractivity contribution >= 4 is 28.5 Å². The fourth-order valence-electron chi connectivity index (χ4n) is 3.03. The van der Waals surface area contributed by atoms with Crippen molar-refractivity contribution < 1.29 is 14.3 Å². The predicted molar refractivity (Wildman–Crippen MR) is 121 cm³/mol. The molecule has 0 radical (unpaired) electrons. The van der Waals surface area contributed by atoms with Gasteiger partial charge in [0.05, 0.1) is 35.4 Å². The standard InChI is InChI=1S/C23H20N2O3S2/c1-13-20(29-22(24-13)15-5-9-17(27-3)10-6-15)19(26)21-14(2)25-23(30-21)16-7-11-18(28-4)12-8-16/h5-12H,1-4H3. The number of hydrogen-bond acceptors (Lipinski definition) is 7. The molecule has 0 saturated heterocycles. The number of thiazole rings is 2. The lowest BCUT2D eigenvalue weighted by Gasteiger charge is -2.00. The third-order valence-electron chi connectivity index (χ3n) is 4.68. The third-order valence-corrected chi connectivity index (χ3v) is 7.09. The van der Waals surface area contributed by atoms with E-state index >= 15 is 0 Å². The molecule has 0 spiro atoms. The Balaban J connectivity index is 1.64. The van der Waals surface area contributed by atoms with Crippen LogP contribution in [0.3, 0.4) is 0 Å². The van der Waals surface area contributed by atoms with Crippen molar-refractivity contribution in [3.63, 3.8) is 0 Å². The molecule has 4 aromatic rings. The Kier molecular flexibility index (Phi) is 5.65. The van der Waals surface area contributed by atoms with Gasteiger partial charge in [0.15, 0.2) is 0 Å². The van der Waals surface area contributed by atoms with Gasteiger partial charge in [-0.2, -0.15) is 0 Å². The van der Waals surface area contributed by atoms with E-state index in [9.17, 15) is 4.79 Å². The molecule has 0 unspecified atom stereocenters. The van der Waals surface area contributed by atoms with Gasteiger partial charge in [0, 0.05) is 11.1 Å². The molecule has 4 rings (SSSR count). The fraction of sp³-hybridized carbons (Fsp3) is 0.174. The van der Waals surface area contributed by atoms with Crippen LogP contribution in [0, 0.1) is 13.8 Å². The summed E-state index contributed by atoms with van der Waals surface area (Å²) in [6, 6.07) is 15.4. The summed E-state index contributed by atoms with van der Waals surface area (Å²) in [7, 11) is 3.27. The van der Waals surface area contributed by atoms with E-state index < -0.39 is 0 Å². The molecule has 5 nitrogen and oxygen atoms in total. The molecule has 0 bridgehead atoms. The Hall–Kier alpha value is -3.03. The molecule has 152 valence electrons. The van der Waals surface area contributed by atoms with Crippen molar-refractivity contribution in [2.75, 3.05) is 14.2 Å². The minimum atomic E-state index is -0.0282. The average Bonchev–Trinajstić information content (AvgIpc) is 3.36. The summed E-state index contributed by atoms with van der Waals surface area (Å²) in [5.74, 6) is 1.55. The normalized spacial score (nSPS) is 10.8. The van der Waals surface area contributed by atoms with Gasteiger partial charge in [0.1, 0.15) is 21.5 Å². The monoisotopic (exact) mass is 436 g/mol. The van der Waals surface area contributed by atoms with Crippen molar-refractivity contribution in [3.8, 4) is 32.6 Å². The van der Waals surface area contributed by atoms with Gasteiger partial charge in [-0.3, -0.25) is 4.79 Å². The molecule has 2 aromatic heterocycles. The van der Waals surface area contributed by atoms with Gasteiger partial charge in [0.2, 0.25) is 5.78 Å². The molecular formula is C23H20N2O3S2. The maximum atomic E-state index is 13.3. The molecule has 2 aromatic carbocycles. The Morgan fingerprint density at radius 3 is 1.40 bits per heavy atom. The van der Waals surface area contributed by atoms with Crippen molar-refractivity contribution in [1.82, 2.24) is 9.97 Å². The molecule has 0 N–H and O–H groups in total. The Labute approximate surface area is 183 Å². The molecule has 0 aliphatic carbocycles. The molecule has 0 aliphatic rings. The summed E-state index contributed by atoms with van der Waals surface area (Å²) >= 11 is 2.82. The van der Waals surface area contributed by atoms with Gasteiger partial charge in [-0.25, -0.2) is 9.97 Å². The van der Waals surface area contributed by atoms with E-state index in [0.29, 0.717) is 9.75 Å². The first-order valence-electron chi connectivity index (χ1n) is 9.28. The lowest BCUT2D eigenvalue weighted by atomic mass is 10.2. The quantitative estimate of drug-likeness (QED) is 0.358. The molecule has 0 atom stereocenters. The first-order chi connectivity index (χ1) is 14.5. The summed E-state index contributed by atoms with van der Waals surface area (Å²) in [6.07, 6.45) is 0. The number of rotatable bonds is 6. The van der Waals surface area contributed by atoms with Crippen LogP contribution in [0.25, 0.3) is 21.1 Å². The highest BCUT2D eigenvalue weighted by molar-refractivity contribution is 7.20. The zero-order valence-electron chi connectivity index (χ0n) is 17.1. The first-order valence-corrected chi connectivity index (χ1v) is 10.9. The van der Waals surface area contributed by atoms with Crippen LogP contribution in [0.5, 0.6) is 11.5 Å². The number of methoxy groups -OCH3 is 2. The van der Waals surface area contributed by atoms with E-state index in [-0.39, 0.29) is 5.78 Å². The topological polar surface area (TPSA) is 61.3 Å². The molecule has 2 heterocycles. The first kappa shape index (κ1) is 20.3. The van der Waals surface area contributed by atoms with E-state index in [1.165, 1.54) is 22.7 Å². The Morgan fingerprint density at radius 1 is 0.700 bits per heavy atom. The summed E-state index contributed by atoms with van der Waals surface area (Å²) in [4.78, 5) is 23.8. The largest absolute Gasteiger partial charge is 0.497 e. The number of carbonyl (C=O) groups is 1. The highest BCUT2D eigenvalue weighted by Gasteiger charge is 2.23. The summed E-state index contributed by atoms with van der Waals surface area (Å²) in [5.41, 5.74) is 3.38. The molecule has 0 aliphatic heterocycles. The molecule has 30 heavy (non-hydrogen) atoms. The molecule has 0 amide bonds. The van der Waals surface area contributed by atoms with Gasteiger partial charge in [-0.1, -0.05) is 0 Å². The second-order valence-corrected chi connectivity index (χ2v) is 8.65. The number of hydrogen-bond donors (Lipinski definition) is 0. The van der Waals surface area contributed by atoms with Gasteiger partial charge < -0.3 is 9.47 Å². The summed E-state index contributed by atoms with van der Waals surface area (Å²) in [5, 5.41) is 1.63. The Morgan fingerprint density at radius 2 is 1.07 bits per heavy atom.